The van der Waals surface area contributed by atoms with Crippen LogP contribution in [0.5, 0.6) is 5.75 Å². The molecule has 0 saturated heterocycles. The van der Waals surface area contributed by atoms with E-state index >= 15 is 0 Å². The second kappa shape index (κ2) is 8.36. The van der Waals surface area contributed by atoms with Crippen molar-refractivity contribution in [2.24, 2.45) is 0 Å². The smallest absolute Gasteiger partial charge is 0.255 e. The molecule has 5 heteroatoms. The highest BCUT2D eigenvalue weighted by Gasteiger charge is 2.14. The van der Waals surface area contributed by atoms with Crippen LogP contribution in [0, 0.1) is 0 Å². The van der Waals surface area contributed by atoms with E-state index in [2.05, 4.69) is 22.8 Å². The van der Waals surface area contributed by atoms with Gasteiger partial charge in [0.25, 0.3) is 5.91 Å². The first kappa shape index (κ1) is 18.5. The molecule has 3 aromatic rings. The van der Waals surface area contributed by atoms with Crippen molar-refractivity contribution < 1.29 is 14.3 Å². The number of carbonyl (C=O) groups excluding carboxylic acids is 2. The Labute approximate surface area is 158 Å². The average molecular weight is 362 g/mol. The Morgan fingerprint density at radius 1 is 0.963 bits per heavy atom. The molecule has 0 spiro atoms. The van der Waals surface area contributed by atoms with Crippen LogP contribution in [0.1, 0.15) is 28.9 Å². The number of hydrogen-bond donors (Lipinski definition) is 2. The van der Waals surface area contributed by atoms with Gasteiger partial charge in [-0.15, -0.1) is 0 Å². The fourth-order valence-corrected chi connectivity index (χ4v) is 2.94. The van der Waals surface area contributed by atoms with Crippen molar-refractivity contribution in [1.29, 1.82) is 0 Å². The predicted octanol–water partition coefficient (Wildman–Crippen LogP) is 3.46. The van der Waals surface area contributed by atoms with E-state index in [1.807, 2.05) is 37.3 Å². The molecule has 138 valence electrons. The van der Waals surface area contributed by atoms with Crippen molar-refractivity contribution in [2.75, 3.05) is 13.7 Å². The Bertz CT molecular complexity index is 968. The van der Waals surface area contributed by atoms with Gasteiger partial charge >= 0.3 is 0 Å². The summed E-state index contributed by atoms with van der Waals surface area (Å²) in [5.74, 6) is -0.125. The third-order valence-corrected chi connectivity index (χ3v) is 4.41. The van der Waals surface area contributed by atoms with Crippen LogP contribution in [0.4, 0.5) is 0 Å². The standard InChI is InChI=1S/C22H22N2O3/c1-15(17-12-11-16-7-3-4-8-18(16)13-17)24-21(25)14-23-22(26)19-9-5-6-10-20(19)27-2/h3-13,15H,14H2,1-2H3,(H,23,26)(H,24,25)/t15-/m1/s1. The lowest BCUT2D eigenvalue weighted by Crippen LogP contribution is -2.38. The number of rotatable bonds is 6. The largest absolute Gasteiger partial charge is 0.496 e. The summed E-state index contributed by atoms with van der Waals surface area (Å²) in [4.78, 5) is 24.5. The van der Waals surface area contributed by atoms with Crippen LogP contribution in [0.15, 0.2) is 66.7 Å². The van der Waals surface area contributed by atoms with E-state index in [0.29, 0.717) is 11.3 Å². The van der Waals surface area contributed by atoms with Crippen molar-refractivity contribution >= 4 is 22.6 Å². The number of benzene rings is 3. The van der Waals surface area contributed by atoms with Gasteiger partial charge in [0.1, 0.15) is 5.75 Å². The highest BCUT2D eigenvalue weighted by atomic mass is 16.5. The molecule has 0 heterocycles. The molecule has 0 unspecified atom stereocenters. The first-order chi connectivity index (χ1) is 13.1. The molecule has 0 fully saturated rings. The second-order valence-corrected chi connectivity index (χ2v) is 6.28. The monoisotopic (exact) mass is 362 g/mol. The molecule has 0 radical (unpaired) electrons. The van der Waals surface area contributed by atoms with Gasteiger partial charge in [-0.25, -0.2) is 0 Å². The van der Waals surface area contributed by atoms with Crippen LogP contribution in [-0.2, 0) is 4.79 Å². The van der Waals surface area contributed by atoms with Gasteiger partial charge in [-0.1, -0.05) is 48.5 Å². The van der Waals surface area contributed by atoms with E-state index < -0.39 is 0 Å². The molecule has 0 aliphatic carbocycles. The van der Waals surface area contributed by atoms with Crippen molar-refractivity contribution in [3.8, 4) is 5.75 Å². The van der Waals surface area contributed by atoms with Gasteiger partial charge in [-0.05, 0) is 41.5 Å². The van der Waals surface area contributed by atoms with Gasteiger partial charge in [0.15, 0.2) is 0 Å². The summed E-state index contributed by atoms with van der Waals surface area (Å²) in [7, 11) is 1.50. The Balaban J connectivity index is 1.58. The number of nitrogens with one attached hydrogen (secondary N) is 2. The molecule has 27 heavy (non-hydrogen) atoms. The Morgan fingerprint density at radius 2 is 1.67 bits per heavy atom. The Morgan fingerprint density at radius 3 is 2.44 bits per heavy atom. The average Bonchev–Trinajstić information content (AvgIpc) is 2.71. The van der Waals surface area contributed by atoms with E-state index in [1.54, 1.807) is 24.3 Å². The van der Waals surface area contributed by atoms with Crippen molar-refractivity contribution in [3.63, 3.8) is 0 Å². The molecule has 3 aromatic carbocycles. The Hall–Kier alpha value is -3.34. The normalized spacial score (nSPS) is 11.6. The molecule has 0 saturated carbocycles. The maximum Gasteiger partial charge on any atom is 0.255 e. The third-order valence-electron chi connectivity index (χ3n) is 4.41. The zero-order chi connectivity index (χ0) is 19.2. The van der Waals surface area contributed by atoms with Crippen LogP contribution < -0.4 is 15.4 Å². The summed E-state index contributed by atoms with van der Waals surface area (Å²) in [5, 5.41) is 7.82. The molecule has 0 aliphatic rings. The predicted molar refractivity (Wildman–Crippen MR) is 106 cm³/mol. The zero-order valence-corrected chi connectivity index (χ0v) is 15.4. The van der Waals surface area contributed by atoms with Crippen molar-refractivity contribution in [2.45, 2.75) is 13.0 Å². The van der Waals surface area contributed by atoms with E-state index in [0.717, 1.165) is 16.3 Å². The fourth-order valence-electron chi connectivity index (χ4n) is 2.94. The number of fused-ring (bicyclic) bond motifs is 1. The van der Waals surface area contributed by atoms with E-state index in [1.165, 1.54) is 7.11 Å². The molecule has 2 N–H and O–H groups in total. The van der Waals surface area contributed by atoms with Crippen molar-refractivity contribution in [3.05, 3.63) is 77.9 Å². The SMILES string of the molecule is COc1ccccc1C(=O)NCC(=O)N[C@H](C)c1ccc2ccccc2c1. The number of carbonyl (C=O) groups is 2. The zero-order valence-electron chi connectivity index (χ0n) is 15.4. The van der Waals surface area contributed by atoms with Gasteiger partial charge in [-0.2, -0.15) is 0 Å². The highest BCUT2D eigenvalue weighted by Crippen LogP contribution is 2.20. The number of ether oxygens (including phenoxy) is 1. The maximum atomic E-state index is 12.3. The van der Waals surface area contributed by atoms with Crippen LogP contribution >= 0.6 is 0 Å². The van der Waals surface area contributed by atoms with Gasteiger partial charge in [0.2, 0.25) is 5.91 Å². The topological polar surface area (TPSA) is 67.4 Å². The van der Waals surface area contributed by atoms with Gasteiger partial charge in [0.05, 0.1) is 25.3 Å². The minimum atomic E-state index is -0.346. The molecule has 5 nitrogen and oxygen atoms in total. The third kappa shape index (κ3) is 4.44. The number of hydrogen-bond acceptors (Lipinski definition) is 3. The molecular formula is C22H22N2O3. The van der Waals surface area contributed by atoms with Gasteiger partial charge < -0.3 is 15.4 Å². The molecule has 0 bridgehead atoms. The summed E-state index contributed by atoms with van der Waals surface area (Å²) in [5.41, 5.74) is 1.41. The lowest BCUT2D eigenvalue weighted by Gasteiger charge is -2.16. The van der Waals surface area contributed by atoms with Crippen LogP contribution in [-0.4, -0.2) is 25.5 Å². The van der Waals surface area contributed by atoms with Crippen molar-refractivity contribution in [1.82, 2.24) is 10.6 Å². The van der Waals surface area contributed by atoms with Crippen LogP contribution in [0.3, 0.4) is 0 Å². The molecule has 0 aromatic heterocycles. The first-order valence-corrected chi connectivity index (χ1v) is 8.78. The molecule has 2 amide bonds. The quantitative estimate of drug-likeness (QED) is 0.706. The number of amides is 2. The second-order valence-electron chi connectivity index (χ2n) is 6.28. The lowest BCUT2D eigenvalue weighted by molar-refractivity contribution is -0.120. The molecule has 3 rings (SSSR count). The molecule has 0 aliphatic heterocycles. The minimum Gasteiger partial charge on any atom is -0.496 e. The maximum absolute atomic E-state index is 12.3. The lowest BCUT2D eigenvalue weighted by atomic mass is 10.0. The summed E-state index contributed by atoms with van der Waals surface area (Å²) in [6.07, 6.45) is 0. The van der Waals surface area contributed by atoms with E-state index in [4.69, 9.17) is 4.74 Å². The summed E-state index contributed by atoms with van der Waals surface area (Å²) in [6.45, 7) is 1.82. The van der Waals surface area contributed by atoms with E-state index in [-0.39, 0.29) is 24.4 Å². The van der Waals surface area contributed by atoms with Crippen LogP contribution in [0.2, 0.25) is 0 Å². The first-order valence-electron chi connectivity index (χ1n) is 8.78. The highest BCUT2D eigenvalue weighted by molar-refractivity contribution is 5.98. The summed E-state index contributed by atoms with van der Waals surface area (Å²) < 4.78 is 5.17. The Kier molecular flexibility index (Phi) is 5.71. The number of para-hydroxylation sites is 1. The fraction of sp³-hybridized carbons (Fsp3) is 0.182. The minimum absolute atomic E-state index is 0.102. The summed E-state index contributed by atoms with van der Waals surface area (Å²) in [6, 6.07) is 20.9. The summed E-state index contributed by atoms with van der Waals surface area (Å²) >= 11 is 0. The molecule has 1 atom stereocenters. The van der Waals surface area contributed by atoms with Crippen LogP contribution in [0.25, 0.3) is 10.8 Å². The van der Waals surface area contributed by atoms with Gasteiger partial charge in [-0.3, -0.25) is 9.59 Å². The molecular weight excluding hydrogens is 340 g/mol. The number of methoxy groups -OCH3 is 1. The van der Waals surface area contributed by atoms with E-state index in [9.17, 15) is 9.59 Å². The van der Waals surface area contributed by atoms with Gasteiger partial charge in [0, 0.05) is 0 Å².